The van der Waals surface area contributed by atoms with Crippen molar-refractivity contribution < 1.29 is 4.74 Å². The van der Waals surface area contributed by atoms with E-state index in [1.165, 1.54) is 45.1 Å². The summed E-state index contributed by atoms with van der Waals surface area (Å²) in [4.78, 5) is 2.61. The quantitative estimate of drug-likeness (QED) is 0.793. The summed E-state index contributed by atoms with van der Waals surface area (Å²) in [6.07, 6.45) is 8.53. The number of rotatable bonds is 2. The van der Waals surface area contributed by atoms with Crippen LogP contribution in [-0.2, 0) is 4.74 Å². The van der Waals surface area contributed by atoms with Crippen LogP contribution in [-0.4, -0.2) is 48.8 Å². The van der Waals surface area contributed by atoms with E-state index in [0.29, 0.717) is 17.7 Å². The second-order valence-corrected chi connectivity index (χ2v) is 6.22. The molecule has 2 aliphatic heterocycles. The van der Waals surface area contributed by atoms with Crippen molar-refractivity contribution in [3.63, 3.8) is 0 Å². The Morgan fingerprint density at radius 2 is 2.12 bits per heavy atom. The summed E-state index contributed by atoms with van der Waals surface area (Å²) in [5.41, 5.74) is 0.307. The number of piperazine rings is 1. The molecule has 3 fully saturated rings. The Kier molecular flexibility index (Phi) is 3.42. The van der Waals surface area contributed by atoms with Gasteiger partial charge in [-0.1, -0.05) is 12.8 Å². The third-order valence-corrected chi connectivity index (χ3v) is 4.93. The van der Waals surface area contributed by atoms with E-state index in [1.54, 1.807) is 0 Å². The summed E-state index contributed by atoms with van der Waals surface area (Å²) < 4.78 is 6.40. The average Bonchev–Trinajstić information content (AvgIpc) is 2.94. The Balaban J connectivity index is 1.52. The standard InChI is InChI=1S/C14H26N2O/c1-12-10-15-8-9-16(12)11-13-4-7-14(17-13)5-2-3-6-14/h12-13,15H,2-11H2,1H3. The Morgan fingerprint density at radius 3 is 2.88 bits per heavy atom. The van der Waals surface area contributed by atoms with Crippen molar-refractivity contribution in [3.05, 3.63) is 0 Å². The highest BCUT2D eigenvalue weighted by molar-refractivity contribution is 4.94. The van der Waals surface area contributed by atoms with Crippen LogP contribution < -0.4 is 5.32 Å². The lowest BCUT2D eigenvalue weighted by Gasteiger charge is -2.36. The van der Waals surface area contributed by atoms with E-state index in [0.717, 1.165) is 19.6 Å². The molecule has 3 aliphatic rings. The molecule has 0 radical (unpaired) electrons. The zero-order valence-corrected chi connectivity index (χ0v) is 11.1. The van der Waals surface area contributed by atoms with E-state index in [2.05, 4.69) is 17.1 Å². The molecule has 1 spiro atoms. The van der Waals surface area contributed by atoms with E-state index in [1.807, 2.05) is 0 Å². The van der Waals surface area contributed by atoms with Gasteiger partial charge >= 0.3 is 0 Å². The third kappa shape index (κ3) is 2.51. The van der Waals surface area contributed by atoms with Crippen molar-refractivity contribution in [2.24, 2.45) is 0 Å². The fourth-order valence-electron chi connectivity index (χ4n) is 3.83. The molecule has 2 heterocycles. The summed E-state index contributed by atoms with van der Waals surface area (Å²) in [6, 6.07) is 0.674. The van der Waals surface area contributed by atoms with Gasteiger partial charge in [0.15, 0.2) is 0 Å². The second kappa shape index (κ2) is 4.87. The van der Waals surface area contributed by atoms with Crippen LogP contribution in [0.1, 0.15) is 45.4 Å². The Labute approximate surface area is 105 Å². The molecular weight excluding hydrogens is 212 g/mol. The normalized spacial score (nSPS) is 37.9. The molecule has 0 aromatic heterocycles. The van der Waals surface area contributed by atoms with Crippen molar-refractivity contribution in [2.75, 3.05) is 26.2 Å². The fourth-order valence-corrected chi connectivity index (χ4v) is 3.83. The van der Waals surface area contributed by atoms with E-state index >= 15 is 0 Å². The first-order valence-corrected chi connectivity index (χ1v) is 7.40. The Morgan fingerprint density at radius 1 is 1.29 bits per heavy atom. The molecule has 0 aromatic rings. The van der Waals surface area contributed by atoms with Crippen molar-refractivity contribution in [1.82, 2.24) is 10.2 Å². The van der Waals surface area contributed by atoms with Crippen LogP contribution in [0.25, 0.3) is 0 Å². The molecule has 1 N–H and O–H groups in total. The third-order valence-electron chi connectivity index (χ3n) is 4.93. The number of hydrogen-bond acceptors (Lipinski definition) is 3. The summed E-state index contributed by atoms with van der Waals surface area (Å²) in [6.45, 7) is 6.95. The molecular formula is C14H26N2O. The molecule has 0 aromatic carbocycles. The molecule has 0 bridgehead atoms. The van der Waals surface area contributed by atoms with Crippen LogP contribution in [0.3, 0.4) is 0 Å². The lowest BCUT2D eigenvalue weighted by molar-refractivity contribution is -0.0521. The molecule has 3 rings (SSSR count). The first-order valence-electron chi connectivity index (χ1n) is 7.40. The van der Waals surface area contributed by atoms with Gasteiger partial charge in [0, 0.05) is 32.2 Å². The molecule has 3 nitrogen and oxygen atoms in total. The highest BCUT2D eigenvalue weighted by atomic mass is 16.5. The highest BCUT2D eigenvalue weighted by Gasteiger charge is 2.42. The lowest BCUT2D eigenvalue weighted by Crippen LogP contribution is -2.52. The van der Waals surface area contributed by atoms with E-state index in [-0.39, 0.29) is 0 Å². The Bertz CT molecular complexity index is 263. The van der Waals surface area contributed by atoms with Crippen LogP contribution in [0.4, 0.5) is 0 Å². The maximum Gasteiger partial charge on any atom is 0.0710 e. The van der Waals surface area contributed by atoms with Crippen molar-refractivity contribution in [1.29, 1.82) is 0 Å². The summed E-state index contributed by atoms with van der Waals surface area (Å²) in [7, 11) is 0. The maximum absolute atomic E-state index is 6.40. The second-order valence-electron chi connectivity index (χ2n) is 6.22. The number of nitrogens with zero attached hydrogens (tertiary/aromatic N) is 1. The number of nitrogens with one attached hydrogen (secondary N) is 1. The smallest absolute Gasteiger partial charge is 0.0710 e. The van der Waals surface area contributed by atoms with Gasteiger partial charge < -0.3 is 10.1 Å². The lowest BCUT2D eigenvalue weighted by atomic mass is 9.98. The summed E-state index contributed by atoms with van der Waals surface area (Å²) >= 11 is 0. The topological polar surface area (TPSA) is 24.5 Å². The minimum Gasteiger partial charge on any atom is -0.370 e. The van der Waals surface area contributed by atoms with E-state index in [4.69, 9.17) is 4.74 Å². The van der Waals surface area contributed by atoms with Gasteiger partial charge in [-0.25, -0.2) is 0 Å². The van der Waals surface area contributed by atoms with Gasteiger partial charge in [0.05, 0.1) is 11.7 Å². The molecule has 0 amide bonds. The summed E-state index contributed by atoms with van der Waals surface area (Å²) in [5.74, 6) is 0. The van der Waals surface area contributed by atoms with Gasteiger partial charge in [0.25, 0.3) is 0 Å². The zero-order valence-electron chi connectivity index (χ0n) is 11.1. The monoisotopic (exact) mass is 238 g/mol. The van der Waals surface area contributed by atoms with Gasteiger partial charge in [-0.2, -0.15) is 0 Å². The molecule has 17 heavy (non-hydrogen) atoms. The van der Waals surface area contributed by atoms with Crippen molar-refractivity contribution >= 4 is 0 Å². The van der Waals surface area contributed by atoms with Crippen LogP contribution in [0, 0.1) is 0 Å². The fraction of sp³-hybridized carbons (Fsp3) is 1.00. The van der Waals surface area contributed by atoms with Crippen molar-refractivity contribution in [2.45, 2.75) is 63.2 Å². The van der Waals surface area contributed by atoms with Gasteiger partial charge in [0.2, 0.25) is 0 Å². The Hall–Kier alpha value is -0.120. The van der Waals surface area contributed by atoms with Crippen LogP contribution in [0.5, 0.6) is 0 Å². The van der Waals surface area contributed by atoms with Crippen molar-refractivity contribution in [3.8, 4) is 0 Å². The zero-order chi connectivity index (χ0) is 11.7. The molecule has 1 saturated carbocycles. The van der Waals surface area contributed by atoms with Crippen LogP contribution in [0.15, 0.2) is 0 Å². The first-order chi connectivity index (χ1) is 8.27. The number of hydrogen-bond donors (Lipinski definition) is 1. The molecule has 3 heteroatoms. The summed E-state index contributed by atoms with van der Waals surface area (Å²) in [5, 5.41) is 3.46. The maximum atomic E-state index is 6.40. The van der Waals surface area contributed by atoms with E-state index in [9.17, 15) is 0 Å². The average molecular weight is 238 g/mol. The van der Waals surface area contributed by atoms with E-state index < -0.39 is 0 Å². The van der Waals surface area contributed by atoms with Crippen LogP contribution in [0.2, 0.25) is 0 Å². The molecule has 98 valence electrons. The van der Waals surface area contributed by atoms with Gasteiger partial charge in [0.1, 0.15) is 0 Å². The van der Waals surface area contributed by atoms with Gasteiger partial charge in [-0.05, 0) is 32.6 Å². The van der Waals surface area contributed by atoms with Crippen LogP contribution >= 0.6 is 0 Å². The minimum atomic E-state index is 0.307. The van der Waals surface area contributed by atoms with Gasteiger partial charge in [-0.15, -0.1) is 0 Å². The number of ether oxygens (including phenoxy) is 1. The minimum absolute atomic E-state index is 0.307. The predicted molar refractivity (Wildman–Crippen MR) is 69.2 cm³/mol. The molecule has 1 aliphatic carbocycles. The SMILES string of the molecule is CC1CNCCN1CC1CCC2(CCCC2)O1. The van der Waals surface area contributed by atoms with Gasteiger partial charge in [-0.3, -0.25) is 4.90 Å². The highest BCUT2D eigenvalue weighted by Crippen LogP contribution is 2.43. The first kappa shape index (κ1) is 11.9. The molecule has 2 unspecified atom stereocenters. The molecule has 2 atom stereocenters. The molecule has 2 saturated heterocycles. The largest absolute Gasteiger partial charge is 0.370 e. The predicted octanol–water partition coefficient (Wildman–Crippen LogP) is 1.77.